The Bertz CT molecular complexity index is 1320. The summed E-state index contributed by atoms with van der Waals surface area (Å²) in [7, 11) is 0. The maximum atomic E-state index is 4.64. The molecule has 0 aliphatic rings. The second-order valence-electron chi connectivity index (χ2n) is 10.6. The molecule has 0 atom stereocenters. The lowest BCUT2D eigenvalue weighted by atomic mass is 9.83. The van der Waals surface area contributed by atoms with Gasteiger partial charge in [0.15, 0.2) is 0 Å². The molecule has 4 rings (SSSR count). The molecule has 0 unspecified atom stereocenters. The highest BCUT2D eigenvalue weighted by Gasteiger charge is 2.21. The molecular weight excluding hydrogens is 498 g/mol. The van der Waals surface area contributed by atoms with E-state index in [0.29, 0.717) is 12.5 Å². The van der Waals surface area contributed by atoms with E-state index in [1.165, 1.54) is 33.4 Å². The minimum absolute atomic E-state index is 0.684. The topological polar surface area (TPSA) is 119 Å². The first-order valence-corrected chi connectivity index (χ1v) is 14.5. The summed E-state index contributed by atoms with van der Waals surface area (Å²) in [5.74, 6) is 0.684. The van der Waals surface area contributed by atoms with Crippen molar-refractivity contribution in [1.29, 1.82) is 0 Å². The molecule has 0 saturated heterocycles. The standard InChI is InChI=1S/C31H45N9/c1-8-25-28(16-32-14-23-12-21(6)37-39-23)26(9-2)30(18-34-31-35-19(4)11-20(5)36-31)27(10-3)29(25)17-33-15-24-13-22(7)38-40-24/h11-13,32-33H,8-10,14-18H2,1-7H3,(H,37,39)(H,38,40)(H,34,35,36). The Balaban J connectivity index is 1.69. The van der Waals surface area contributed by atoms with E-state index in [9.17, 15) is 0 Å². The molecule has 0 amide bonds. The van der Waals surface area contributed by atoms with Gasteiger partial charge in [0, 0.05) is 55.5 Å². The van der Waals surface area contributed by atoms with Crippen LogP contribution in [0.3, 0.4) is 0 Å². The van der Waals surface area contributed by atoms with Gasteiger partial charge in [0.25, 0.3) is 0 Å². The van der Waals surface area contributed by atoms with Gasteiger partial charge in [-0.25, -0.2) is 9.97 Å². The molecule has 9 heteroatoms. The summed E-state index contributed by atoms with van der Waals surface area (Å²) >= 11 is 0. The van der Waals surface area contributed by atoms with Gasteiger partial charge in [-0.2, -0.15) is 10.2 Å². The fourth-order valence-electron chi connectivity index (χ4n) is 5.75. The molecule has 0 bridgehead atoms. The van der Waals surface area contributed by atoms with Crippen LogP contribution in [0.4, 0.5) is 5.95 Å². The largest absolute Gasteiger partial charge is 0.350 e. The first kappa shape index (κ1) is 29.4. The van der Waals surface area contributed by atoms with E-state index in [0.717, 1.165) is 79.6 Å². The van der Waals surface area contributed by atoms with Gasteiger partial charge in [0.05, 0.1) is 11.4 Å². The molecule has 1 aromatic carbocycles. The van der Waals surface area contributed by atoms with Crippen molar-refractivity contribution in [1.82, 2.24) is 41.0 Å². The van der Waals surface area contributed by atoms with Crippen LogP contribution in [-0.4, -0.2) is 30.4 Å². The lowest BCUT2D eigenvalue weighted by molar-refractivity contribution is 0.648. The van der Waals surface area contributed by atoms with E-state index in [4.69, 9.17) is 0 Å². The van der Waals surface area contributed by atoms with Crippen LogP contribution in [-0.2, 0) is 52.0 Å². The van der Waals surface area contributed by atoms with Gasteiger partial charge in [-0.1, -0.05) is 20.8 Å². The summed E-state index contributed by atoms with van der Waals surface area (Å²) < 4.78 is 0. The quantitative estimate of drug-likeness (QED) is 0.151. The van der Waals surface area contributed by atoms with E-state index < -0.39 is 0 Å². The first-order chi connectivity index (χ1) is 19.3. The average Bonchev–Trinajstić information content (AvgIpc) is 3.53. The molecule has 0 spiro atoms. The van der Waals surface area contributed by atoms with Gasteiger partial charge >= 0.3 is 0 Å². The van der Waals surface area contributed by atoms with E-state index in [1.807, 2.05) is 33.8 Å². The fourth-order valence-corrected chi connectivity index (χ4v) is 5.75. The van der Waals surface area contributed by atoms with Gasteiger partial charge in [-0.15, -0.1) is 0 Å². The third-order valence-electron chi connectivity index (χ3n) is 7.39. The molecule has 0 aliphatic carbocycles. The number of H-pyrrole nitrogens is 2. The van der Waals surface area contributed by atoms with Crippen LogP contribution in [0.15, 0.2) is 18.2 Å². The molecule has 3 heterocycles. The number of aryl methyl sites for hydroxylation is 4. The van der Waals surface area contributed by atoms with Crippen molar-refractivity contribution in [2.75, 3.05) is 5.32 Å². The molecule has 4 aromatic rings. The third-order valence-corrected chi connectivity index (χ3v) is 7.39. The van der Waals surface area contributed by atoms with Crippen molar-refractivity contribution in [3.63, 3.8) is 0 Å². The molecule has 0 fully saturated rings. The molecule has 5 N–H and O–H groups in total. The van der Waals surface area contributed by atoms with Crippen LogP contribution < -0.4 is 16.0 Å². The number of hydrogen-bond donors (Lipinski definition) is 5. The van der Waals surface area contributed by atoms with Crippen molar-refractivity contribution in [2.24, 2.45) is 0 Å². The highest BCUT2D eigenvalue weighted by Crippen LogP contribution is 2.31. The Morgan fingerprint density at radius 1 is 0.550 bits per heavy atom. The average molecular weight is 544 g/mol. The number of benzene rings is 1. The van der Waals surface area contributed by atoms with Crippen LogP contribution in [0, 0.1) is 27.7 Å². The maximum Gasteiger partial charge on any atom is 0.223 e. The lowest BCUT2D eigenvalue weighted by Crippen LogP contribution is -2.23. The summed E-state index contributed by atoms with van der Waals surface area (Å²) in [5.41, 5.74) is 14.6. The van der Waals surface area contributed by atoms with Crippen molar-refractivity contribution in [3.05, 3.63) is 85.7 Å². The highest BCUT2D eigenvalue weighted by molar-refractivity contribution is 5.53. The van der Waals surface area contributed by atoms with E-state index >= 15 is 0 Å². The Kier molecular flexibility index (Phi) is 10.1. The van der Waals surface area contributed by atoms with Crippen molar-refractivity contribution in [3.8, 4) is 0 Å². The molecule has 3 aromatic heterocycles. The van der Waals surface area contributed by atoms with Crippen molar-refractivity contribution < 1.29 is 0 Å². The Hall–Kier alpha value is -3.56. The number of nitrogens with zero attached hydrogens (tertiary/aromatic N) is 4. The predicted molar refractivity (Wildman–Crippen MR) is 161 cm³/mol. The number of aromatic amines is 2. The zero-order valence-corrected chi connectivity index (χ0v) is 25.2. The van der Waals surface area contributed by atoms with E-state index in [-0.39, 0.29) is 0 Å². The minimum atomic E-state index is 0.684. The third kappa shape index (κ3) is 7.14. The zero-order chi connectivity index (χ0) is 28.6. The maximum absolute atomic E-state index is 4.64. The molecule has 0 aliphatic heterocycles. The van der Waals surface area contributed by atoms with Crippen LogP contribution in [0.25, 0.3) is 0 Å². The molecular formula is C31H45N9. The minimum Gasteiger partial charge on any atom is -0.350 e. The summed E-state index contributed by atoms with van der Waals surface area (Å²) in [4.78, 5) is 9.28. The smallest absolute Gasteiger partial charge is 0.223 e. The second kappa shape index (κ2) is 13.7. The molecule has 0 radical (unpaired) electrons. The Labute approximate surface area is 238 Å². The van der Waals surface area contributed by atoms with Crippen LogP contribution in [0.1, 0.15) is 88.3 Å². The van der Waals surface area contributed by atoms with Gasteiger partial charge in [-0.05, 0) is 98.5 Å². The normalized spacial score (nSPS) is 11.4. The van der Waals surface area contributed by atoms with Crippen molar-refractivity contribution in [2.45, 2.75) is 100 Å². The van der Waals surface area contributed by atoms with Crippen LogP contribution in [0.5, 0.6) is 0 Å². The summed E-state index contributed by atoms with van der Waals surface area (Å²) in [5, 5.41) is 25.9. The lowest BCUT2D eigenvalue weighted by Gasteiger charge is -2.27. The number of aromatic nitrogens is 6. The molecule has 40 heavy (non-hydrogen) atoms. The Morgan fingerprint density at radius 3 is 1.35 bits per heavy atom. The monoisotopic (exact) mass is 543 g/mol. The number of hydrogen-bond acceptors (Lipinski definition) is 7. The summed E-state index contributed by atoms with van der Waals surface area (Å²) in [6, 6.07) is 6.20. The fraction of sp³-hybridized carbons (Fsp3) is 0.484. The SMILES string of the molecule is CCc1c(CNCc2cc(C)[nH]n2)c(CC)c(CNc2nc(C)cc(C)n2)c(CC)c1CNCc1cc(C)[nH]n1. The highest BCUT2D eigenvalue weighted by atomic mass is 15.1. The van der Waals surface area contributed by atoms with Gasteiger partial charge in [0.1, 0.15) is 0 Å². The summed E-state index contributed by atoms with van der Waals surface area (Å²) in [6.45, 7) is 18.6. The molecule has 0 saturated carbocycles. The number of anilines is 1. The van der Waals surface area contributed by atoms with Gasteiger partial charge in [0.2, 0.25) is 5.95 Å². The van der Waals surface area contributed by atoms with E-state index in [2.05, 4.69) is 79.2 Å². The van der Waals surface area contributed by atoms with E-state index in [1.54, 1.807) is 0 Å². The van der Waals surface area contributed by atoms with Gasteiger partial charge < -0.3 is 16.0 Å². The zero-order valence-electron chi connectivity index (χ0n) is 25.2. The van der Waals surface area contributed by atoms with Crippen LogP contribution in [0.2, 0.25) is 0 Å². The van der Waals surface area contributed by atoms with Crippen LogP contribution >= 0.6 is 0 Å². The second-order valence-corrected chi connectivity index (χ2v) is 10.6. The molecule has 214 valence electrons. The number of rotatable bonds is 14. The van der Waals surface area contributed by atoms with Gasteiger partial charge in [-0.3, -0.25) is 10.2 Å². The summed E-state index contributed by atoms with van der Waals surface area (Å²) in [6.07, 6.45) is 2.90. The molecule has 9 nitrogen and oxygen atoms in total. The Morgan fingerprint density at radius 2 is 0.975 bits per heavy atom. The number of nitrogens with one attached hydrogen (secondary N) is 5. The first-order valence-electron chi connectivity index (χ1n) is 14.5. The predicted octanol–water partition coefficient (Wildman–Crippen LogP) is 5.04. The van der Waals surface area contributed by atoms with Crippen molar-refractivity contribution >= 4 is 5.95 Å².